The summed E-state index contributed by atoms with van der Waals surface area (Å²) in [5, 5.41) is 0. The minimum Gasteiger partial charge on any atom is -0.386 e. The number of benzene rings is 1. The van der Waals surface area contributed by atoms with Gasteiger partial charge in [-0.05, 0) is 43.8 Å². The summed E-state index contributed by atoms with van der Waals surface area (Å²) in [5.74, 6) is 0.509. The van der Waals surface area contributed by atoms with Gasteiger partial charge in [-0.25, -0.2) is 13.4 Å². The van der Waals surface area contributed by atoms with Crippen LogP contribution in [0.15, 0.2) is 58.8 Å². The Hall–Kier alpha value is -2.75. The van der Waals surface area contributed by atoms with E-state index in [2.05, 4.69) is 14.9 Å². The molecule has 8 nitrogen and oxygen atoms in total. The highest BCUT2D eigenvalue weighted by Crippen LogP contribution is 2.31. The van der Waals surface area contributed by atoms with Crippen molar-refractivity contribution in [2.24, 2.45) is 10.7 Å². The van der Waals surface area contributed by atoms with Gasteiger partial charge in [0.05, 0.1) is 35.2 Å². The van der Waals surface area contributed by atoms with Crippen LogP contribution in [0.2, 0.25) is 0 Å². The van der Waals surface area contributed by atoms with Gasteiger partial charge in [-0.2, -0.15) is 4.31 Å². The van der Waals surface area contributed by atoms with Crippen molar-refractivity contribution in [3.8, 4) is 0 Å². The van der Waals surface area contributed by atoms with Crippen LogP contribution in [0.3, 0.4) is 0 Å². The van der Waals surface area contributed by atoms with Gasteiger partial charge in [0, 0.05) is 37.9 Å². The van der Waals surface area contributed by atoms with Crippen molar-refractivity contribution in [2.45, 2.75) is 11.8 Å². The number of aryl methyl sites for hydroxylation is 1. The van der Waals surface area contributed by atoms with Gasteiger partial charge in [-0.1, -0.05) is 6.07 Å². The number of aromatic nitrogens is 1. The summed E-state index contributed by atoms with van der Waals surface area (Å²) in [6.07, 6.45) is 5.22. The number of likely N-dealkylation sites (N-methyl/N-ethyl adjacent to an activating group) is 1. The molecule has 2 N–H and O–H groups in total. The third-order valence-electron chi connectivity index (χ3n) is 5.50. The minimum atomic E-state index is -3.51. The number of piperazine rings is 1. The van der Waals surface area contributed by atoms with Crippen molar-refractivity contribution in [1.29, 1.82) is 0 Å². The average molecular weight is 427 g/mol. The number of sulfonamides is 1. The van der Waals surface area contributed by atoms with Crippen LogP contribution in [-0.2, 0) is 10.0 Å². The van der Waals surface area contributed by atoms with E-state index in [9.17, 15) is 8.42 Å². The Labute approximate surface area is 177 Å². The molecule has 0 saturated carbocycles. The highest BCUT2D eigenvalue weighted by atomic mass is 32.2. The predicted octanol–water partition coefficient (Wildman–Crippen LogP) is 1.50. The van der Waals surface area contributed by atoms with Crippen LogP contribution in [0.1, 0.15) is 11.1 Å². The molecule has 0 atom stereocenters. The highest BCUT2D eigenvalue weighted by Gasteiger charge is 2.28. The molecule has 0 bridgehead atoms. The Kier molecular flexibility index (Phi) is 5.59. The molecule has 1 aromatic carbocycles. The van der Waals surface area contributed by atoms with Crippen molar-refractivity contribution in [3.05, 3.63) is 60.1 Å². The quantitative estimate of drug-likeness (QED) is 0.796. The van der Waals surface area contributed by atoms with Crippen LogP contribution >= 0.6 is 0 Å². The lowest BCUT2D eigenvalue weighted by Crippen LogP contribution is -2.47. The predicted molar refractivity (Wildman–Crippen MR) is 119 cm³/mol. The van der Waals surface area contributed by atoms with Gasteiger partial charge in [0.15, 0.2) is 0 Å². The first-order chi connectivity index (χ1) is 14.4. The molecule has 30 heavy (non-hydrogen) atoms. The molecule has 9 heteroatoms. The minimum absolute atomic E-state index is 0.320. The maximum atomic E-state index is 13.1. The maximum Gasteiger partial charge on any atom is 0.243 e. The summed E-state index contributed by atoms with van der Waals surface area (Å²) in [7, 11) is -1.51. The molecule has 2 aliphatic rings. The van der Waals surface area contributed by atoms with Crippen molar-refractivity contribution >= 4 is 27.2 Å². The monoisotopic (exact) mass is 426 g/mol. The number of hydrogen-bond donors (Lipinski definition) is 1. The lowest BCUT2D eigenvalue weighted by molar-refractivity contribution is 0.222. The molecule has 1 saturated heterocycles. The first-order valence-corrected chi connectivity index (χ1v) is 11.3. The van der Waals surface area contributed by atoms with E-state index in [1.54, 1.807) is 35.0 Å². The number of pyridine rings is 1. The topological polar surface area (TPSA) is 95.1 Å². The zero-order valence-corrected chi connectivity index (χ0v) is 18.0. The summed E-state index contributed by atoms with van der Waals surface area (Å²) in [4.78, 5) is 13.0. The number of amidine groups is 1. The molecule has 4 rings (SSSR count). The Morgan fingerprint density at radius 2 is 1.87 bits per heavy atom. The molecule has 2 aromatic rings. The first kappa shape index (κ1) is 20.5. The lowest BCUT2D eigenvalue weighted by Gasteiger charge is -2.32. The summed E-state index contributed by atoms with van der Waals surface area (Å²) in [6, 6.07) is 9.10. The second kappa shape index (κ2) is 8.17. The van der Waals surface area contributed by atoms with Gasteiger partial charge in [0.1, 0.15) is 5.84 Å². The van der Waals surface area contributed by atoms with Crippen LogP contribution < -0.4 is 10.6 Å². The molecule has 0 spiro atoms. The number of aliphatic imine (C=N–C) groups is 1. The molecule has 3 heterocycles. The Morgan fingerprint density at radius 1 is 1.10 bits per heavy atom. The van der Waals surface area contributed by atoms with Crippen LogP contribution in [-0.4, -0.2) is 68.2 Å². The smallest absolute Gasteiger partial charge is 0.243 e. The fourth-order valence-corrected chi connectivity index (χ4v) is 5.23. The van der Waals surface area contributed by atoms with Gasteiger partial charge in [0.2, 0.25) is 10.0 Å². The number of anilines is 1. The van der Waals surface area contributed by atoms with Gasteiger partial charge in [-0.3, -0.25) is 4.98 Å². The maximum absolute atomic E-state index is 13.1. The van der Waals surface area contributed by atoms with E-state index in [0.717, 1.165) is 35.6 Å². The Morgan fingerprint density at radius 3 is 2.53 bits per heavy atom. The molecule has 2 aliphatic heterocycles. The van der Waals surface area contributed by atoms with E-state index in [-0.39, 0.29) is 0 Å². The van der Waals surface area contributed by atoms with Crippen molar-refractivity contribution in [1.82, 2.24) is 14.2 Å². The third-order valence-corrected chi connectivity index (χ3v) is 7.39. The van der Waals surface area contributed by atoms with E-state index in [1.807, 2.05) is 37.1 Å². The van der Waals surface area contributed by atoms with Gasteiger partial charge in [0.25, 0.3) is 0 Å². The zero-order valence-electron chi connectivity index (χ0n) is 17.2. The normalized spacial score (nSPS) is 18.8. The van der Waals surface area contributed by atoms with E-state index < -0.39 is 10.0 Å². The van der Waals surface area contributed by atoms with Crippen molar-refractivity contribution in [2.75, 3.05) is 44.7 Å². The van der Waals surface area contributed by atoms with E-state index in [1.165, 1.54) is 0 Å². The number of hydrogen-bond acceptors (Lipinski definition) is 7. The summed E-state index contributed by atoms with van der Waals surface area (Å²) >= 11 is 0. The fraction of sp³-hybridized carbons (Fsp3) is 0.333. The van der Waals surface area contributed by atoms with E-state index in [4.69, 9.17) is 5.73 Å². The average Bonchev–Trinajstić information content (AvgIpc) is 2.75. The second-order valence-corrected chi connectivity index (χ2v) is 9.55. The van der Waals surface area contributed by atoms with Crippen molar-refractivity contribution in [3.63, 3.8) is 0 Å². The SMILES string of the molecule is Cc1cc(S(=O)(=O)N2CCN(C)CC2)ccc1C1=CN=C(N)CN1c1cccnc1. The molecule has 0 amide bonds. The summed E-state index contributed by atoms with van der Waals surface area (Å²) in [6.45, 7) is 4.85. The van der Waals surface area contributed by atoms with Gasteiger partial charge >= 0.3 is 0 Å². The highest BCUT2D eigenvalue weighted by molar-refractivity contribution is 7.89. The van der Waals surface area contributed by atoms with Crippen LogP contribution in [0.25, 0.3) is 5.70 Å². The Bertz CT molecular complexity index is 1090. The molecule has 1 fully saturated rings. The number of nitrogens with zero attached hydrogens (tertiary/aromatic N) is 5. The summed E-state index contributed by atoms with van der Waals surface area (Å²) < 4.78 is 27.8. The standard InChI is InChI=1S/C21H26N6O2S/c1-16-12-18(30(28,29)26-10-8-25(2)9-11-26)5-6-19(16)20-14-24-21(22)15-27(20)17-4-3-7-23-13-17/h3-7,12-14H,8-11,15H2,1-2H3,(H2,22,24). The molecule has 158 valence electrons. The number of rotatable bonds is 4. The lowest BCUT2D eigenvalue weighted by atomic mass is 10.0. The number of nitrogens with two attached hydrogens (primary N) is 1. The van der Waals surface area contributed by atoms with E-state index in [0.29, 0.717) is 30.4 Å². The van der Waals surface area contributed by atoms with Crippen LogP contribution in [0, 0.1) is 6.92 Å². The summed E-state index contributed by atoms with van der Waals surface area (Å²) in [5.41, 5.74) is 9.50. The third kappa shape index (κ3) is 3.96. The van der Waals surface area contributed by atoms with Crippen LogP contribution in [0.5, 0.6) is 0 Å². The fourth-order valence-electron chi connectivity index (χ4n) is 3.72. The van der Waals surface area contributed by atoms with Gasteiger partial charge in [-0.15, -0.1) is 0 Å². The zero-order chi connectivity index (χ0) is 21.3. The van der Waals surface area contributed by atoms with Crippen LogP contribution in [0.4, 0.5) is 5.69 Å². The van der Waals surface area contributed by atoms with Gasteiger partial charge < -0.3 is 15.5 Å². The van der Waals surface area contributed by atoms with Crippen molar-refractivity contribution < 1.29 is 8.42 Å². The Balaban J connectivity index is 1.67. The first-order valence-electron chi connectivity index (χ1n) is 9.86. The van der Waals surface area contributed by atoms with E-state index >= 15 is 0 Å². The molecule has 0 radical (unpaired) electrons. The largest absolute Gasteiger partial charge is 0.386 e. The second-order valence-electron chi connectivity index (χ2n) is 7.62. The molecule has 0 unspecified atom stereocenters. The molecule has 0 aliphatic carbocycles. The molecular weight excluding hydrogens is 400 g/mol. The molecule has 1 aromatic heterocycles. The molecular formula is C21H26N6O2S.